The lowest BCUT2D eigenvalue weighted by Gasteiger charge is -2.34. The van der Waals surface area contributed by atoms with Gasteiger partial charge in [0, 0.05) is 58.3 Å². The molecular formula is C31H34FN5O7. The van der Waals surface area contributed by atoms with Crippen LogP contribution < -0.4 is 19.5 Å². The first-order chi connectivity index (χ1) is 21.4. The number of hydrogen-bond donors (Lipinski definition) is 1. The number of nitrogens with one attached hydrogen (secondary N) is 1. The van der Waals surface area contributed by atoms with Crippen LogP contribution in [0.15, 0.2) is 36.5 Å². The molecule has 0 radical (unpaired) electrons. The van der Waals surface area contributed by atoms with Gasteiger partial charge in [-0.3, -0.25) is 9.88 Å². The Morgan fingerprint density at radius 2 is 1.86 bits per heavy atom. The van der Waals surface area contributed by atoms with Crippen LogP contribution in [0.2, 0.25) is 0 Å². The molecule has 0 aliphatic carbocycles. The van der Waals surface area contributed by atoms with E-state index in [0.29, 0.717) is 24.4 Å². The fraction of sp³-hybridized carbons (Fsp3) is 0.419. The molecule has 4 aromatic rings. The van der Waals surface area contributed by atoms with Gasteiger partial charge < -0.3 is 33.7 Å². The Labute approximate surface area is 253 Å². The minimum absolute atomic E-state index is 0.0137. The maximum atomic E-state index is 16.6. The van der Waals surface area contributed by atoms with Crippen molar-refractivity contribution in [3.8, 4) is 28.9 Å². The molecule has 2 fully saturated rings. The summed E-state index contributed by atoms with van der Waals surface area (Å²) in [5.41, 5.74) is 1.34. The number of hydrogen-bond acceptors (Lipinski definition) is 11. The maximum Gasteiger partial charge on any atom is 0.417 e. The molecule has 2 aliphatic heterocycles. The van der Waals surface area contributed by atoms with Crippen LogP contribution in [0, 0.1) is 12.7 Å². The van der Waals surface area contributed by atoms with Crippen molar-refractivity contribution in [2.45, 2.75) is 38.1 Å². The third kappa shape index (κ3) is 5.71. The van der Waals surface area contributed by atoms with Gasteiger partial charge in [-0.1, -0.05) is 18.2 Å². The first-order valence-corrected chi connectivity index (χ1v) is 14.3. The number of benzene rings is 2. The van der Waals surface area contributed by atoms with Gasteiger partial charge in [0.25, 0.3) is 0 Å². The van der Waals surface area contributed by atoms with Crippen molar-refractivity contribution in [2.75, 3.05) is 47.8 Å². The van der Waals surface area contributed by atoms with E-state index in [1.807, 2.05) is 31.2 Å². The second-order valence-electron chi connectivity index (χ2n) is 10.7. The molecular weight excluding hydrogens is 573 g/mol. The summed E-state index contributed by atoms with van der Waals surface area (Å²) in [4.78, 5) is 28.4. The molecule has 12 nitrogen and oxygen atoms in total. The van der Waals surface area contributed by atoms with Gasteiger partial charge in [-0.15, -0.1) is 0 Å². The van der Waals surface area contributed by atoms with Crippen LogP contribution in [-0.2, 0) is 14.2 Å². The second kappa shape index (κ2) is 12.8. The molecule has 44 heavy (non-hydrogen) atoms. The van der Waals surface area contributed by atoms with Crippen LogP contribution >= 0.6 is 0 Å². The van der Waals surface area contributed by atoms with Crippen molar-refractivity contribution in [3.05, 3.63) is 47.9 Å². The largest absolute Gasteiger partial charge is 0.468 e. The highest BCUT2D eigenvalue weighted by Gasteiger charge is 2.41. The van der Waals surface area contributed by atoms with E-state index in [4.69, 9.17) is 28.4 Å². The van der Waals surface area contributed by atoms with Crippen LogP contribution in [0.4, 0.5) is 9.18 Å². The molecule has 13 heteroatoms. The molecule has 2 aromatic heterocycles. The van der Waals surface area contributed by atoms with Crippen LogP contribution in [0.3, 0.4) is 0 Å². The van der Waals surface area contributed by atoms with E-state index >= 15 is 4.39 Å². The zero-order chi connectivity index (χ0) is 30.8. The first-order valence-electron chi connectivity index (χ1n) is 14.3. The van der Waals surface area contributed by atoms with Crippen molar-refractivity contribution in [2.24, 2.45) is 0 Å². The van der Waals surface area contributed by atoms with Gasteiger partial charge in [0.05, 0.1) is 5.39 Å². The van der Waals surface area contributed by atoms with Crippen molar-refractivity contribution < 1.29 is 37.6 Å². The molecule has 1 amide bonds. The molecule has 6 rings (SSSR count). The number of aryl methyl sites for hydroxylation is 1. The normalized spacial score (nSPS) is 17.9. The maximum absolute atomic E-state index is 16.6. The zero-order valence-electron chi connectivity index (χ0n) is 25.0. The van der Waals surface area contributed by atoms with E-state index in [1.54, 1.807) is 11.0 Å². The number of ether oxygens (including phenoxy) is 6. The second-order valence-corrected chi connectivity index (χ2v) is 10.7. The van der Waals surface area contributed by atoms with E-state index in [-0.39, 0.29) is 54.0 Å². The lowest BCUT2D eigenvalue weighted by molar-refractivity contribution is -0.123. The molecule has 0 saturated carbocycles. The zero-order valence-corrected chi connectivity index (χ0v) is 25.0. The quantitative estimate of drug-likeness (QED) is 0.261. The summed E-state index contributed by atoms with van der Waals surface area (Å²) in [5, 5.41) is 5.10. The van der Waals surface area contributed by atoms with Gasteiger partial charge in [0.2, 0.25) is 5.88 Å². The topological polar surface area (TPSA) is 126 Å². The molecule has 2 unspecified atom stereocenters. The third-order valence-corrected chi connectivity index (χ3v) is 8.03. The summed E-state index contributed by atoms with van der Waals surface area (Å²) in [5.74, 6) is -0.411. The fourth-order valence-electron chi connectivity index (χ4n) is 5.91. The van der Waals surface area contributed by atoms with E-state index in [0.717, 1.165) is 29.2 Å². The monoisotopic (exact) mass is 607 g/mol. The van der Waals surface area contributed by atoms with E-state index in [1.165, 1.54) is 27.5 Å². The SMILES string of the molecule is COCOc1cc(-c2ncc3c(OC(=O)N4C5CCC4CNC5)nc(OCC(OC)OC)nc3c2F)c2c(C)cccc2c1. The Bertz CT molecular complexity index is 1670. The van der Waals surface area contributed by atoms with E-state index < -0.39 is 18.2 Å². The highest BCUT2D eigenvalue weighted by molar-refractivity contribution is 6.01. The molecule has 232 valence electrons. The summed E-state index contributed by atoms with van der Waals surface area (Å²) in [7, 11) is 4.44. The molecule has 2 saturated heterocycles. The van der Waals surface area contributed by atoms with Crippen LogP contribution in [-0.4, -0.2) is 92.1 Å². The number of carbonyl (C=O) groups is 1. The molecule has 2 bridgehead atoms. The predicted octanol–water partition coefficient (Wildman–Crippen LogP) is 4.21. The molecule has 4 heterocycles. The Hall–Kier alpha value is -4.17. The van der Waals surface area contributed by atoms with Crippen LogP contribution in [0.5, 0.6) is 17.6 Å². The Kier molecular flexibility index (Phi) is 8.71. The van der Waals surface area contributed by atoms with E-state index in [2.05, 4.69) is 20.3 Å². The van der Waals surface area contributed by atoms with Gasteiger partial charge in [-0.25, -0.2) is 9.18 Å². The predicted molar refractivity (Wildman–Crippen MR) is 158 cm³/mol. The van der Waals surface area contributed by atoms with Crippen molar-refractivity contribution in [1.82, 2.24) is 25.2 Å². The van der Waals surface area contributed by atoms with Crippen molar-refractivity contribution in [3.63, 3.8) is 0 Å². The number of methoxy groups -OCH3 is 3. The number of carbonyl (C=O) groups excluding carboxylic acids is 1. The van der Waals surface area contributed by atoms with Gasteiger partial charge in [0.1, 0.15) is 23.6 Å². The fourth-order valence-corrected chi connectivity index (χ4v) is 5.91. The summed E-state index contributed by atoms with van der Waals surface area (Å²) in [6.45, 7) is 3.24. The first kappa shape index (κ1) is 29.9. The number of rotatable bonds is 10. The van der Waals surface area contributed by atoms with Gasteiger partial charge in [-0.2, -0.15) is 9.97 Å². The standard InChI is InChI=1S/C31H34FN5O7/c1-17-6-5-7-18-10-21(43-16-39-2)11-22(25(17)18)27-26(32)28-23(14-34-27)29(36-30(35-28)42-15-24(40-3)41-4)44-31(38)37-19-8-9-20(37)13-33-12-19/h5-7,10-11,14,19-20,24,33H,8-9,12-13,15-16H2,1-4H3. The van der Waals surface area contributed by atoms with Gasteiger partial charge in [-0.05, 0) is 48.2 Å². The highest BCUT2D eigenvalue weighted by Crippen LogP contribution is 2.38. The van der Waals surface area contributed by atoms with E-state index in [9.17, 15) is 4.79 Å². The number of nitrogens with zero attached hydrogens (tertiary/aromatic N) is 4. The lowest BCUT2D eigenvalue weighted by Crippen LogP contribution is -2.55. The van der Waals surface area contributed by atoms with Gasteiger partial charge in [0.15, 0.2) is 18.9 Å². The lowest BCUT2D eigenvalue weighted by atomic mass is 9.96. The Morgan fingerprint density at radius 1 is 1.09 bits per heavy atom. The minimum Gasteiger partial charge on any atom is -0.468 e. The molecule has 0 spiro atoms. The Morgan fingerprint density at radius 3 is 2.59 bits per heavy atom. The van der Waals surface area contributed by atoms with Crippen LogP contribution in [0.25, 0.3) is 32.9 Å². The highest BCUT2D eigenvalue weighted by atomic mass is 19.1. The number of fused-ring (bicyclic) bond motifs is 4. The van der Waals surface area contributed by atoms with Gasteiger partial charge >= 0.3 is 12.1 Å². The molecule has 2 atom stereocenters. The molecule has 1 N–H and O–H groups in total. The third-order valence-electron chi connectivity index (χ3n) is 8.03. The Balaban J connectivity index is 1.46. The summed E-state index contributed by atoms with van der Waals surface area (Å²) < 4.78 is 49.4. The summed E-state index contributed by atoms with van der Waals surface area (Å²) in [6, 6.07) is 9.17. The van der Waals surface area contributed by atoms with Crippen LogP contribution in [0.1, 0.15) is 18.4 Å². The summed E-state index contributed by atoms with van der Waals surface area (Å²) >= 11 is 0. The molecule has 2 aliphatic rings. The molecule has 2 aromatic carbocycles. The summed E-state index contributed by atoms with van der Waals surface area (Å²) in [6.07, 6.45) is 1.87. The van der Waals surface area contributed by atoms with Crippen molar-refractivity contribution in [1.29, 1.82) is 0 Å². The number of aromatic nitrogens is 3. The number of piperazine rings is 1. The average Bonchev–Trinajstić information content (AvgIpc) is 3.28. The minimum atomic E-state index is -0.738. The number of halogens is 1. The number of amides is 1. The number of pyridine rings is 1. The average molecular weight is 608 g/mol. The smallest absolute Gasteiger partial charge is 0.417 e. The van der Waals surface area contributed by atoms with Crippen molar-refractivity contribution >= 4 is 27.8 Å².